The summed E-state index contributed by atoms with van der Waals surface area (Å²) >= 11 is 0. The molecule has 0 bridgehead atoms. The van der Waals surface area contributed by atoms with E-state index in [4.69, 9.17) is 9.15 Å². The Morgan fingerprint density at radius 1 is 1.19 bits per heavy atom. The summed E-state index contributed by atoms with van der Waals surface area (Å²) in [5, 5.41) is 0. The van der Waals surface area contributed by atoms with Crippen molar-refractivity contribution in [1.82, 2.24) is 4.31 Å². The first-order valence-corrected chi connectivity index (χ1v) is 9.20. The molecule has 0 radical (unpaired) electrons. The van der Waals surface area contributed by atoms with Gasteiger partial charge in [0, 0.05) is 6.07 Å². The van der Waals surface area contributed by atoms with Crippen LogP contribution in [-0.2, 0) is 14.8 Å². The number of ether oxygens (including phenoxy) is 2. The Bertz CT molecular complexity index is 973. The smallest absolute Gasteiger partial charge is 0.339 e. The molecule has 138 valence electrons. The first-order valence-electron chi connectivity index (χ1n) is 7.76. The Labute approximate surface area is 150 Å². The van der Waals surface area contributed by atoms with Gasteiger partial charge in [-0.2, -0.15) is 4.31 Å². The molecule has 0 atom stereocenters. The van der Waals surface area contributed by atoms with Gasteiger partial charge in [0.1, 0.15) is 17.6 Å². The van der Waals surface area contributed by atoms with Crippen molar-refractivity contribution in [2.75, 3.05) is 20.2 Å². The Balaban J connectivity index is 1.65. The Hall–Kier alpha value is -2.65. The van der Waals surface area contributed by atoms with Gasteiger partial charge in [-0.3, -0.25) is 0 Å². The van der Waals surface area contributed by atoms with Gasteiger partial charge < -0.3 is 13.9 Å². The number of aryl methyl sites for hydroxylation is 1. The second kappa shape index (κ2) is 6.93. The summed E-state index contributed by atoms with van der Waals surface area (Å²) < 4.78 is 41.4. The molecule has 1 aliphatic heterocycles. The lowest BCUT2D eigenvalue weighted by Crippen LogP contribution is -2.56. The fourth-order valence-corrected chi connectivity index (χ4v) is 4.04. The fourth-order valence-electron chi connectivity index (χ4n) is 2.54. The highest BCUT2D eigenvalue weighted by molar-refractivity contribution is 7.89. The molecule has 1 aromatic carbocycles. The average Bonchev–Trinajstić information content (AvgIpc) is 2.56. The van der Waals surface area contributed by atoms with E-state index in [1.165, 1.54) is 41.7 Å². The minimum atomic E-state index is -3.67. The Morgan fingerprint density at radius 3 is 2.42 bits per heavy atom. The van der Waals surface area contributed by atoms with Crippen molar-refractivity contribution in [3.05, 3.63) is 58.1 Å². The summed E-state index contributed by atoms with van der Waals surface area (Å²) in [6, 6.07) is 8.32. The van der Waals surface area contributed by atoms with Crippen molar-refractivity contribution >= 4 is 16.0 Å². The second-order valence-corrected chi connectivity index (χ2v) is 7.74. The van der Waals surface area contributed by atoms with E-state index in [2.05, 4.69) is 4.74 Å². The number of carbonyl (C=O) groups is 1. The van der Waals surface area contributed by atoms with Crippen molar-refractivity contribution in [1.29, 1.82) is 0 Å². The minimum absolute atomic E-state index is 0.0832. The molecule has 1 saturated heterocycles. The molecule has 1 aromatic heterocycles. The molecule has 9 heteroatoms. The summed E-state index contributed by atoms with van der Waals surface area (Å²) in [5.74, 6) is 0.235. The molecule has 0 spiro atoms. The Morgan fingerprint density at radius 2 is 1.85 bits per heavy atom. The zero-order chi connectivity index (χ0) is 18.9. The minimum Gasteiger partial charge on any atom is -0.487 e. The van der Waals surface area contributed by atoms with Crippen LogP contribution in [0.3, 0.4) is 0 Å². The molecule has 1 aliphatic rings. The van der Waals surface area contributed by atoms with Gasteiger partial charge in [-0.1, -0.05) is 0 Å². The van der Waals surface area contributed by atoms with Gasteiger partial charge in [-0.05, 0) is 31.2 Å². The molecule has 0 amide bonds. The van der Waals surface area contributed by atoms with Crippen LogP contribution in [0.4, 0.5) is 0 Å². The monoisotopic (exact) mass is 379 g/mol. The summed E-state index contributed by atoms with van der Waals surface area (Å²) in [7, 11) is -2.42. The second-order valence-electron chi connectivity index (χ2n) is 5.80. The number of rotatable bonds is 5. The van der Waals surface area contributed by atoms with Gasteiger partial charge >= 0.3 is 11.6 Å². The molecular formula is C17H17NO7S. The van der Waals surface area contributed by atoms with Crippen LogP contribution in [0.15, 0.2) is 50.5 Å². The van der Waals surface area contributed by atoms with E-state index in [-0.39, 0.29) is 29.7 Å². The van der Waals surface area contributed by atoms with Crippen LogP contribution < -0.4 is 10.4 Å². The zero-order valence-electron chi connectivity index (χ0n) is 14.2. The van der Waals surface area contributed by atoms with Crippen molar-refractivity contribution < 1.29 is 27.1 Å². The number of carbonyl (C=O) groups excluding carboxylic acids is 1. The summed E-state index contributed by atoms with van der Waals surface area (Å²) in [6.07, 6.45) is -0.347. The van der Waals surface area contributed by atoms with Crippen LogP contribution in [0.25, 0.3) is 0 Å². The highest BCUT2D eigenvalue weighted by Crippen LogP contribution is 2.25. The van der Waals surface area contributed by atoms with Gasteiger partial charge in [0.15, 0.2) is 0 Å². The van der Waals surface area contributed by atoms with E-state index >= 15 is 0 Å². The molecule has 0 unspecified atom stereocenters. The molecular weight excluding hydrogens is 362 g/mol. The molecule has 3 rings (SSSR count). The van der Waals surface area contributed by atoms with Crippen molar-refractivity contribution in [2.45, 2.75) is 17.9 Å². The van der Waals surface area contributed by atoms with Crippen LogP contribution in [-0.4, -0.2) is 45.0 Å². The molecule has 26 heavy (non-hydrogen) atoms. The van der Waals surface area contributed by atoms with Gasteiger partial charge in [-0.25, -0.2) is 18.0 Å². The van der Waals surface area contributed by atoms with E-state index in [0.29, 0.717) is 11.5 Å². The molecule has 1 fully saturated rings. The lowest BCUT2D eigenvalue weighted by molar-refractivity contribution is 0.0600. The average molecular weight is 379 g/mol. The zero-order valence-corrected chi connectivity index (χ0v) is 15.0. The first kappa shape index (κ1) is 18.2. The normalized spacial score (nSPS) is 15.3. The number of sulfonamides is 1. The van der Waals surface area contributed by atoms with Crippen molar-refractivity contribution in [3.8, 4) is 5.75 Å². The highest BCUT2D eigenvalue weighted by Gasteiger charge is 2.38. The standard InChI is InChI=1S/C17H17NO7S/c1-11-7-13(8-16(19)24-11)25-14-9-18(10-14)26(21,22)15-5-3-12(4-6-15)17(20)23-2/h3-8,14H,9-10H2,1-2H3. The maximum atomic E-state index is 12.6. The highest BCUT2D eigenvalue weighted by atomic mass is 32.2. The SMILES string of the molecule is COC(=O)c1ccc(S(=O)(=O)N2CC(Oc3cc(C)oc(=O)c3)C2)cc1. The topological polar surface area (TPSA) is 103 Å². The molecule has 2 aromatic rings. The number of benzene rings is 1. The van der Waals surface area contributed by atoms with E-state index < -0.39 is 21.6 Å². The molecule has 0 aliphatic carbocycles. The predicted molar refractivity (Wildman–Crippen MR) is 90.7 cm³/mol. The third-order valence-electron chi connectivity index (χ3n) is 3.90. The summed E-state index contributed by atoms with van der Waals surface area (Å²) in [5.41, 5.74) is -0.246. The largest absolute Gasteiger partial charge is 0.487 e. The van der Waals surface area contributed by atoms with Gasteiger partial charge in [-0.15, -0.1) is 0 Å². The van der Waals surface area contributed by atoms with Crippen LogP contribution in [0, 0.1) is 6.92 Å². The van der Waals surface area contributed by atoms with E-state index in [1.54, 1.807) is 13.0 Å². The first-order chi connectivity index (χ1) is 12.3. The molecule has 0 saturated carbocycles. The number of hydrogen-bond acceptors (Lipinski definition) is 7. The van der Waals surface area contributed by atoms with Gasteiger partial charge in [0.05, 0.1) is 36.7 Å². The van der Waals surface area contributed by atoms with Gasteiger partial charge in [0.2, 0.25) is 10.0 Å². The van der Waals surface area contributed by atoms with E-state index in [9.17, 15) is 18.0 Å². The fraction of sp³-hybridized carbons (Fsp3) is 0.294. The molecule has 2 heterocycles. The van der Waals surface area contributed by atoms with Gasteiger partial charge in [0.25, 0.3) is 0 Å². The van der Waals surface area contributed by atoms with Crippen molar-refractivity contribution in [2.24, 2.45) is 0 Å². The predicted octanol–water partition coefficient (Wildman–Crippen LogP) is 1.19. The maximum Gasteiger partial charge on any atom is 0.339 e. The van der Waals surface area contributed by atoms with Crippen LogP contribution in [0.2, 0.25) is 0 Å². The third-order valence-corrected chi connectivity index (χ3v) is 5.74. The molecule has 0 N–H and O–H groups in total. The lowest BCUT2D eigenvalue weighted by atomic mass is 10.2. The third kappa shape index (κ3) is 3.63. The van der Waals surface area contributed by atoms with E-state index in [1.807, 2.05) is 0 Å². The van der Waals surface area contributed by atoms with Crippen LogP contribution in [0.1, 0.15) is 16.1 Å². The summed E-state index contributed by atoms with van der Waals surface area (Å²) in [6.45, 7) is 1.96. The van der Waals surface area contributed by atoms with Crippen molar-refractivity contribution in [3.63, 3.8) is 0 Å². The summed E-state index contributed by atoms with van der Waals surface area (Å²) in [4.78, 5) is 22.8. The van der Waals surface area contributed by atoms with Crippen LogP contribution in [0.5, 0.6) is 5.75 Å². The number of hydrogen-bond donors (Lipinski definition) is 0. The van der Waals surface area contributed by atoms with E-state index in [0.717, 1.165) is 0 Å². The number of nitrogens with zero attached hydrogens (tertiary/aromatic N) is 1. The number of esters is 1. The quantitative estimate of drug-likeness (QED) is 0.719. The number of methoxy groups -OCH3 is 1. The maximum absolute atomic E-state index is 12.6. The lowest BCUT2D eigenvalue weighted by Gasteiger charge is -2.37. The van der Waals surface area contributed by atoms with Crippen LogP contribution >= 0.6 is 0 Å². The molecule has 8 nitrogen and oxygen atoms in total. The Kier molecular flexibility index (Phi) is 4.84.